The summed E-state index contributed by atoms with van der Waals surface area (Å²) in [6, 6.07) is 3.96. The Morgan fingerprint density at radius 2 is 2.23 bits per heavy atom. The van der Waals surface area contributed by atoms with Gasteiger partial charge in [0.15, 0.2) is 0 Å². The minimum atomic E-state index is -0.458. The van der Waals surface area contributed by atoms with Crippen molar-refractivity contribution in [3.8, 4) is 0 Å². The number of carbonyl (C=O) groups is 1. The van der Waals surface area contributed by atoms with Gasteiger partial charge in [0.2, 0.25) is 0 Å². The highest BCUT2D eigenvalue weighted by atomic mass is 79.9. The lowest BCUT2D eigenvalue weighted by Crippen LogP contribution is -2.01. The number of alkyl halides is 1. The van der Waals surface area contributed by atoms with Crippen LogP contribution in [0, 0.1) is 5.82 Å². The van der Waals surface area contributed by atoms with Crippen molar-refractivity contribution in [2.75, 3.05) is 0 Å². The van der Waals surface area contributed by atoms with Gasteiger partial charge in [-0.1, -0.05) is 33.6 Å². The van der Waals surface area contributed by atoms with Crippen LogP contribution in [0.25, 0.3) is 0 Å². The van der Waals surface area contributed by atoms with Crippen LogP contribution < -0.4 is 0 Å². The average molecular weight is 266 g/mol. The number of rotatable bonds is 2. The van der Waals surface area contributed by atoms with E-state index in [9.17, 15) is 9.18 Å². The first kappa shape index (κ1) is 10.7. The standard InChI is InChI=1S/C9H7BrClFO/c1-5(13)9(10)7-3-2-6(12)4-8(7)11/h2-4,9H,1H3. The van der Waals surface area contributed by atoms with Crippen molar-refractivity contribution >= 4 is 33.3 Å². The summed E-state index contributed by atoms with van der Waals surface area (Å²) in [4.78, 5) is 10.5. The van der Waals surface area contributed by atoms with Crippen LogP contribution in [0.5, 0.6) is 0 Å². The molecule has 0 fully saturated rings. The van der Waals surface area contributed by atoms with Gasteiger partial charge >= 0.3 is 0 Å². The van der Waals surface area contributed by atoms with Crippen LogP contribution in [0.4, 0.5) is 4.39 Å². The monoisotopic (exact) mass is 264 g/mol. The Morgan fingerprint density at radius 3 is 2.69 bits per heavy atom. The largest absolute Gasteiger partial charge is 0.298 e. The quantitative estimate of drug-likeness (QED) is 0.748. The molecule has 13 heavy (non-hydrogen) atoms. The van der Waals surface area contributed by atoms with Gasteiger partial charge in [0, 0.05) is 5.02 Å². The first-order valence-corrected chi connectivity index (χ1v) is 4.91. The average Bonchev–Trinajstić information content (AvgIpc) is 2.03. The summed E-state index contributed by atoms with van der Waals surface area (Å²) in [5.41, 5.74) is 0.593. The third-order valence-corrected chi connectivity index (χ3v) is 3.06. The van der Waals surface area contributed by atoms with E-state index in [4.69, 9.17) is 11.6 Å². The van der Waals surface area contributed by atoms with Gasteiger partial charge in [-0.25, -0.2) is 4.39 Å². The molecule has 0 saturated carbocycles. The predicted octanol–water partition coefficient (Wildman–Crippen LogP) is 3.50. The molecule has 0 saturated heterocycles. The van der Waals surface area contributed by atoms with Crippen molar-refractivity contribution in [2.45, 2.75) is 11.8 Å². The zero-order chi connectivity index (χ0) is 10.0. The molecule has 1 unspecified atom stereocenters. The molecule has 1 aromatic rings. The molecule has 0 spiro atoms. The molecule has 1 aromatic carbocycles. The van der Waals surface area contributed by atoms with Gasteiger partial charge < -0.3 is 0 Å². The summed E-state index contributed by atoms with van der Waals surface area (Å²) >= 11 is 8.92. The molecular formula is C9H7BrClFO. The first-order chi connectivity index (χ1) is 6.02. The molecule has 1 atom stereocenters. The Bertz CT molecular complexity index is 340. The fraction of sp³-hybridized carbons (Fsp3) is 0.222. The van der Waals surface area contributed by atoms with Gasteiger partial charge in [-0.2, -0.15) is 0 Å². The molecule has 0 aromatic heterocycles. The molecule has 1 nitrogen and oxygen atoms in total. The van der Waals surface area contributed by atoms with Crippen molar-refractivity contribution in [1.29, 1.82) is 0 Å². The fourth-order valence-electron chi connectivity index (χ4n) is 0.926. The Morgan fingerprint density at radius 1 is 1.62 bits per heavy atom. The molecule has 0 aliphatic heterocycles. The number of hydrogen-bond acceptors (Lipinski definition) is 1. The maximum absolute atomic E-state index is 12.6. The van der Waals surface area contributed by atoms with Crippen LogP contribution >= 0.6 is 27.5 Å². The third kappa shape index (κ3) is 2.51. The van der Waals surface area contributed by atoms with Crippen LogP contribution in [0.2, 0.25) is 5.02 Å². The molecule has 1 rings (SSSR count). The Hall–Kier alpha value is -0.410. The third-order valence-electron chi connectivity index (χ3n) is 1.59. The van der Waals surface area contributed by atoms with Gasteiger partial charge in [-0.15, -0.1) is 0 Å². The molecule has 0 radical (unpaired) electrons. The van der Waals surface area contributed by atoms with E-state index in [0.717, 1.165) is 0 Å². The Labute approximate surface area is 89.0 Å². The van der Waals surface area contributed by atoms with Gasteiger partial charge in [0.05, 0.1) is 4.83 Å². The molecular weight excluding hydrogens is 258 g/mol. The minimum absolute atomic E-state index is 0.0616. The van der Waals surface area contributed by atoms with Crippen LogP contribution in [0.3, 0.4) is 0 Å². The van der Waals surface area contributed by atoms with Crippen LogP contribution in [-0.4, -0.2) is 5.78 Å². The maximum Gasteiger partial charge on any atom is 0.147 e. The van der Waals surface area contributed by atoms with Crippen molar-refractivity contribution < 1.29 is 9.18 Å². The second-order valence-electron chi connectivity index (χ2n) is 2.64. The smallest absolute Gasteiger partial charge is 0.147 e. The molecule has 0 aliphatic rings. The number of hydrogen-bond donors (Lipinski definition) is 0. The molecule has 0 bridgehead atoms. The minimum Gasteiger partial charge on any atom is -0.298 e. The molecule has 0 heterocycles. The number of ketones is 1. The van der Waals surface area contributed by atoms with Gasteiger partial charge in [-0.3, -0.25) is 4.79 Å². The normalized spacial score (nSPS) is 12.6. The molecule has 0 amide bonds. The molecule has 4 heteroatoms. The number of carbonyl (C=O) groups excluding carboxylic acids is 1. The van der Waals surface area contributed by atoms with E-state index in [0.29, 0.717) is 5.56 Å². The number of benzene rings is 1. The summed E-state index contributed by atoms with van der Waals surface area (Å²) in [5, 5.41) is 0.261. The predicted molar refractivity (Wildman–Crippen MR) is 53.8 cm³/mol. The molecule has 0 N–H and O–H groups in total. The van der Waals surface area contributed by atoms with Gasteiger partial charge in [0.25, 0.3) is 0 Å². The molecule has 70 valence electrons. The Balaban J connectivity index is 3.08. The zero-order valence-electron chi connectivity index (χ0n) is 6.85. The van der Waals surface area contributed by atoms with Gasteiger partial charge in [0.1, 0.15) is 11.6 Å². The maximum atomic E-state index is 12.6. The summed E-state index contributed by atoms with van der Waals surface area (Å²) in [6.07, 6.45) is 0. The topological polar surface area (TPSA) is 17.1 Å². The van der Waals surface area contributed by atoms with Crippen LogP contribution in [0.15, 0.2) is 18.2 Å². The second-order valence-corrected chi connectivity index (χ2v) is 3.96. The summed E-state index contributed by atoms with van der Waals surface area (Å²) < 4.78 is 12.6. The van der Waals surface area contributed by atoms with Crippen molar-refractivity contribution in [1.82, 2.24) is 0 Å². The lowest BCUT2D eigenvalue weighted by Gasteiger charge is -2.07. The second kappa shape index (κ2) is 4.20. The van der Waals surface area contributed by atoms with Crippen molar-refractivity contribution in [2.24, 2.45) is 0 Å². The highest BCUT2D eigenvalue weighted by Gasteiger charge is 2.15. The van der Waals surface area contributed by atoms with Crippen molar-refractivity contribution in [3.05, 3.63) is 34.6 Å². The van der Waals surface area contributed by atoms with E-state index in [-0.39, 0.29) is 10.8 Å². The fourth-order valence-corrected chi connectivity index (χ4v) is 1.73. The van der Waals surface area contributed by atoms with Crippen LogP contribution in [0.1, 0.15) is 17.3 Å². The summed E-state index contributed by atoms with van der Waals surface area (Å²) in [7, 11) is 0. The van der Waals surface area contributed by atoms with E-state index in [1.165, 1.54) is 25.1 Å². The van der Waals surface area contributed by atoms with E-state index in [1.54, 1.807) is 0 Å². The number of halogens is 3. The SMILES string of the molecule is CC(=O)C(Br)c1ccc(F)cc1Cl. The zero-order valence-corrected chi connectivity index (χ0v) is 9.19. The highest BCUT2D eigenvalue weighted by molar-refractivity contribution is 9.09. The lowest BCUT2D eigenvalue weighted by molar-refractivity contribution is -0.116. The van der Waals surface area contributed by atoms with E-state index >= 15 is 0 Å². The van der Waals surface area contributed by atoms with Crippen LogP contribution in [-0.2, 0) is 4.79 Å². The van der Waals surface area contributed by atoms with Gasteiger partial charge in [-0.05, 0) is 24.6 Å². The first-order valence-electron chi connectivity index (χ1n) is 3.62. The van der Waals surface area contributed by atoms with E-state index in [1.807, 2.05) is 0 Å². The highest BCUT2D eigenvalue weighted by Crippen LogP contribution is 2.30. The van der Waals surface area contributed by atoms with E-state index in [2.05, 4.69) is 15.9 Å². The van der Waals surface area contributed by atoms with E-state index < -0.39 is 10.6 Å². The van der Waals surface area contributed by atoms with Crippen molar-refractivity contribution in [3.63, 3.8) is 0 Å². The summed E-state index contributed by atoms with van der Waals surface area (Å²) in [6.45, 7) is 1.44. The Kier molecular flexibility index (Phi) is 3.45. The lowest BCUT2D eigenvalue weighted by atomic mass is 10.1. The number of Topliss-reactive ketones (excluding diaryl/α,β-unsaturated/α-hetero) is 1. The summed E-state index contributed by atoms with van der Waals surface area (Å²) in [5.74, 6) is -0.467. The molecule has 0 aliphatic carbocycles.